The first-order valence-corrected chi connectivity index (χ1v) is 8.35. The smallest absolute Gasteiger partial charge is 0.238 e. The van der Waals surface area contributed by atoms with Crippen molar-refractivity contribution in [1.82, 2.24) is 0 Å². The Labute approximate surface area is 130 Å². The van der Waals surface area contributed by atoms with Gasteiger partial charge in [0.1, 0.15) is 0 Å². The molecule has 2 rings (SSSR count). The van der Waals surface area contributed by atoms with Crippen LogP contribution in [-0.4, -0.2) is 8.42 Å². The minimum atomic E-state index is -3.65. The van der Waals surface area contributed by atoms with Crippen molar-refractivity contribution in [3.63, 3.8) is 0 Å². The van der Waals surface area contributed by atoms with Gasteiger partial charge in [-0.05, 0) is 55.3 Å². The summed E-state index contributed by atoms with van der Waals surface area (Å²) in [6, 6.07) is 12.2. The van der Waals surface area contributed by atoms with Gasteiger partial charge in [-0.2, -0.15) is 0 Å². The Morgan fingerprint density at radius 1 is 1.14 bits per heavy atom. The average molecular weight is 325 g/mol. The average Bonchev–Trinajstić information content (AvgIpc) is 2.41. The number of sulfonamides is 1. The van der Waals surface area contributed by atoms with Crippen LogP contribution in [-0.2, 0) is 10.0 Å². The van der Waals surface area contributed by atoms with Crippen LogP contribution in [0.3, 0.4) is 0 Å². The first-order valence-electron chi connectivity index (χ1n) is 6.43. The molecule has 4 nitrogen and oxygen atoms in total. The van der Waals surface area contributed by atoms with Gasteiger partial charge in [0.05, 0.1) is 4.90 Å². The number of halogens is 1. The standard InChI is InChI=1S/C15H17ClN2O2S/c1-10-9-13(16)5-8-15(10)18-11(2)12-3-6-14(7-4-12)21(17,19)20/h3-9,11,18H,1-2H3,(H2,17,19,20). The Hall–Kier alpha value is -1.56. The SMILES string of the molecule is Cc1cc(Cl)ccc1NC(C)c1ccc(S(N)(=O)=O)cc1. The second-order valence-corrected chi connectivity index (χ2v) is 6.94. The van der Waals surface area contributed by atoms with E-state index in [4.69, 9.17) is 16.7 Å². The molecule has 112 valence electrons. The Bertz CT molecular complexity index is 743. The van der Waals surface area contributed by atoms with Gasteiger partial charge in [-0.3, -0.25) is 0 Å². The minimum Gasteiger partial charge on any atom is -0.378 e. The zero-order chi connectivity index (χ0) is 15.6. The number of aryl methyl sites for hydroxylation is 1. The largest absolute Gasteiger partial charge is 0.378 e. The summed E-state index contributed by atoms with van der Waals surface area (Å²) in [6.07, 6.45) is 0. The lowest BCUT2D eigenvalue weighted by molar-refractivity contribution is 0.597. The van der Waals surface area contributed by atoms with Gasteiger partial charge in [0, 0.05) is 16.8 Å². The Morgan fingerprint density at radius 2 is 1.76 bits per heavy atom. The molecule has 0 radical (unpaired) electrons. The summed E-state index contributed by atoms with van der Waals surface area (Å²) < 4.78 is 22.5. The Morgan fingerprint density at radius 3 is 2.29 bits per heavy atom. The van der Waals surface area contributed by atoms with E-state index in [0.29, 0.717) is 5.02 Å². The van der Waals surface area contributed by atoms with Gasteiger partial charge < -0.3 is 5.32 Å². The maximum Gasteiger partial charge on any atom is 0.238 e. The van der Waals surface area contributed by atoms with Crippen LogP contribution in [0.2, 0.25) is 5.02 Å². The van der Waals surface area contributed by atoms with Gasteiger partial charge in [-0.1, -0.05) is 23.7 Å². The van der Waals surface area contributed by atoms with Crippen molar-refractivity contribution in [3.8, 4) is 0 Å². The molecule has 0 heterocycles. The van der Waals surface area contributed by atoms with Crippen LogP contribution in [0.1, 0.15) is 24.1 Å². The van der Waals surface area contributed by atoms with E-state index in [2.05, 4.69) is 5.32 Å². The number of anilines is 1. The van der Waals surface area contributed by atoms with E-state index in [9.17, 15) is 8.42 Å². The lowest BCUT2D eigenvalue weighted by Crippen LogP contribution is -2.13. The lowest BCUT2D eigenvalue weighted by Gasteiger charge is -2.18. The van der Waals surface area contributed by atoms with E-state index in [0.717, 1.165) is 16.8 Å². The van der Waals surface area contributed by atoms with Crippen molar-refractivity contribution < 1.29 is 8.42 Å². The van der Waals surface area contributed by atoms with Crippen molar-refractivity contribution in [1.29, 1.82) is 0 Å². The molecular weight excluding hydrogens is 308 g/mol. The van der Waals surface area contributed by atoms with Gasteiger partial charge in [0.15, 0.2) is 0 Å². The van der Waals surface area contributed by atoms with Crippen molar-refractivity contribution in [2.45, 2.75) is 24.8 Å². The summed E-state index contributed by atoms with van der Waals surface area (Å²) in [5, 5.41) is 9.15. The molecule has 21 heavy (non-hydrogen) atoms. The van der Waals surface area contributed by atoms with Gasteiger partial charge in [-0.25, -0.2) is 13.6 Å². The van der Waals surface area contributed by atoms with Gasteiger partial charge >= 0.3 is 0 Å². The highest BCUT2D eigenvalue weighted by atomic mass is 35.5. The Kier molecular flexibility index (Phi) is 4.56. The summed E-state index contributed by atoms with van der Waals surface area (Å²) in [7, 11) is -3.65. The third-order valence-corrected chi connectivity index (χ3v) is 4.43. The molecule has 0 aliphatic carbocycles. The molecule has 0 aliphatic heterocycles. The van der Waals surface area contributed by atoms with Crippen LogP contribution in [0.5, 0.6) is 0 Å². The fourth-order valence-electron chi connectivity index (χ4n) is 2.05. The summed E-state index contributed by atoms with van der Waals surface area (Å²) in [5.41, 5.74) is 3.01. The van der Waals surface area contributed by atoms with Gasteiger partial charge in [0.25, 0.3) is 0 Å². The minimum absolute atomic E-state index is 0.0272. The molecule has 1 unspecified atom stereocenters. The molecule has 0 aromatic heterocycles. The van der Waals surface area contributed by atoms with Crippen LogP contribution in [0.25, 0.3) is 0 Å². The van der Waals surface area contributed by atoms with Gasteiger partial charge in [0.2, 0.25) is 10.0 Å². The molecule has 0 aliphatic rings. The molecular formula is C15H17ClN2O2S. The van der Waals surface area contributed by atoms with Gasteiger partial charge in [-0.15, -0.1) is 0 Å². The highest BCUT2D eigenvalue weighted by molar-refractivity contribution is 7.89. The van der Waals surface area contributed by atoms with E-state index in [1.807, 2.05) is 32.0 Å². The molecule has 2 aromatic carbocycles. The maximum absolute atomic E-state index is 11.2. The molecule has 0 saturated carbocycles. The highest BCUT2D eigenvalue weighted by Gasteiger charge is 2.10. The topological polar surface area (TPSA) is 72.2 Å². The van der Waals surface area contributed by atoms with Crippen molar-refractivity contribution in [2.24, 2.45) is 5.14 Å². The molecule has 2 aromatic rings. The highest BCUT2D eigenvalue weighted by Crippen LogP contribution is 2.25. The second-order valence-electron chi connectivity index (χ2n) is 4.94. The normalized spacial score (nSPS) is 13.0. The second kappa shape index (κ2) is 6.05. The first-order chi connectivity index (χ1) is 9.77. The monoisotopic (exact) mass is 324 g/mol. The van der Waals surface area contributed by atoms with Crippen molar-refractivity contribution in [2.75, 3.05) is 5.32 Å². The lowest BCUT2D eigenvalue weighted by atomic mass is 10.1. The number of hydrogen-bond acceptors (Lipinski definition) is 3. The predicted molar refractivity (Wildman–Crippen MR) is 86.0 cm³/mol. The summed E-state index contributed by atoms with van der Waals surface area (Å²) in [5.74, 6) is 0. The molecule has 6 heteroatoms. The van der Waals surface area contributed by atoms with E-state index in [1.165, 1.54) is 12.1 Å². The number of benzene rings is 2. The molecule has 0 saturated heterocycles. The Balaban J connectivity index is 2.18. The van der Waals surface area contributed by atoms with Crippen LogP contribution in [0.4, 0.5) is 5.69 Å². The molecule has 0 amide bonds. The third kappa shape index (κ3) is 3.97. The van der Waals surface area contributed by atoms with Crippen molar-refractivity contribution in [3.05, 3.63) is 58.6 Å². The summed E-state index contributed by atoms with van der Waals surface area (Å²) in [6.45, 7) is 3.98. The van der Waals surface area contributed by atoms with Crippen LogP contribution in [0, 0.1) is 6.92 Å². The summed E-state index contributed by atoms with van der Waals surface area (Å²) >= 11 is 5.93. The molecule has 0 fully saturated rings. The van der Waals surface area contributed by atoms with E-state index in [-0.39, 0.29) is 10.9 Å². The van der Waals surface area contributed by atoms with Crippen LogP contribution in [0.15, 0.2) is 47.4 Å². The number of primary sulfonamides is 1. The number of nitrogens with two attached hydrogens (primary N) is 1. The number of nitrogens with one attached hydrogen (secondary N) is 1. The number of rotatable bonds is 4. The zero-order valence-electron chi connectivity index (χ0n) is 11.8. The van der Waals surface area contributed by atoms with Crippen molar-refractivity contribution >= 4 is 27.3 Å². The molecule has 1 atom stereocenters. The quantitative estimate of drug-likeness (QED) is 0.904. The van der Waals surface area contributed by atoms with Crippen LogP contribution >= 0.6 is 11.6 Å². The zero-order valence-corrected chi connectivity index (χ0v) is 13.4. The fourth-order valence-corrected chi connectivity index (χ4v) is 2.79. The predicted octanol–water partition coefficient (Wildman–Crippen LogP) is 3.47. The fraction of sp³-hybridized carbons (Fsp3) is 0.200. The first kappa shape index (κ1) is 15.8. The van der Waals surface area contributed by atoms with Crippen LogP contribution < -0.4 is 10.5 Å². The number of hydrogen-bond donors (Lipinski definition) is 2. The van der Waals surface area contributed by atoms with E-state index >= 15 is 0 Å². The molecule has 0 spiro atoms. The molecule has 3 N–H and O–H groups in total. The molecule has 0 bridgehead atoms. The third-order valence-electron chi connectivity index (χ3n) is 3.27. The van der Waals surface area contributed by atoms with E-state index < -0.39 is 10.0 Å². The summed E-state index contributed by atoms with van der Waals surface area (Å²) in [4.78, 5) is 0.112. The maximum atomic E-state index is 11.2. The van der Waals surface area contributed by atoms with E-state index in [1.54, 1.807) is 12.1 Å².